The van der Waals surface area contributed by atoms with Gasteiger partial charge < -0.3 is 5.73 Å². The van der Waals surface area contributed by atoms with Crippen LogP contribution in [-0.4, -0.2) is 6.54 Å². The van der Waals surface area contributed by atoms with Gasteiger partial charge in [-0.1, -0.05) is 32.0 Å². The minimum absolute atomic E-state index is 0.495. The van der Waals surface area contributed by atoms with Crippen LogP contribution in [-0.2, 0) is 0 Å². The van der Waals surface area contributed by atoms with Crippen LogP contribution in [0, 0.1) is 19.8 Å². The molecule has 0 aromatic heterocycles. The molecule has 0 heterocycles. The molecule has 0 aliphatic carbocycles. The van der Waals surface area contributed by atoms with Gasteiger partial charge in [-0.2, -0.15) is 0 Å². The van der Waals surface area contributed by atoms with Crippen molar-refractivity contribution >= 4 is 0 Å². The third kappa shape index (κ3) is 2.36. The highest BCUT2D eigenvalue weighted by Crippen LogP contribution is 2.24. The van der Waals surface area contributed by atoms with Gasteiger partial charge in [-0.25, -0.2) is 0 Å². The highest BCUT2D eigenvalue weighted by Gasteiger charge is 2.13. The van der Waals surface area contributed by atoms with Gasteiger partial charge in [-0.05, 0) is 48.9 Å². The lowest BCUT2D eigenvalue weighted by molar-refractivity contribution is 0.506. The monoisotopic (exact) mass is 191 g/mol. The Balaban J connectivity index is 3.00. The lowest BCUT2D eigenvalue weighted by Crippen LogP contribution is -2.17. The van der Waals surface area contributed by atoms with E-state index in [-0.39, 0.29) is 0 Å². The van der Waals surface area contributed by atoms with Crippen LogP contribution >= 0.6 is 0 Å². The van der Waals surface area contributed by atoms with Crippen LogP contribution in [0.5, 0.6) is 0 Å². The highest BCUT2D eigenvalue weighted by atomic mass is 14.6. The van der Waals surface area contributed by atoms with Crippen LogP contribution in [0.25, 0.3) is 0 Å². The first-order valence-corrected chi connectivity index (χ1v) is 5.33. The molecule has 0 aliphatic heterocycles. The standard InChI is InChI=1S/C13H21N/c1-9(2)13(8-14)12-6-5-10(3)11(4)7-12/h5-7,9,13H,8,14H2,1-4H3. The third-order valence-corrected chi connectivity index (χ3v) is 3.02. The summed E-state index contributed by atoms with van der Waals surface area (Å²) in [5.74, 6) is 1.11. The highest BCUT2D eigenvalue weighted by molar-refractivity contribution is 5.32. The topological polar surface area (TPSA) is 26.0 Å². The van der Waals surface area contributed by atoms with Gasteiger partial charge in [0.25, 0.3) is 0 Å². The number of hydrogen-bond donors (Lipinski definition) is 1. The maximum Gasteiger partial charge on any atom is -0.000577 e. The predicted molar refractivity (Wildman–Crippen MR) is 62.5 cm³/mol. The van der Waals surface area contributed by atoms with Crippen molar-refractivity contribution in [1.29, 1.82) is 0 Å². The van der Waals surface area contributed by atoms with Crippen LogP contribution in [0.2, 0.25) is 0 Å². The fraction of sp³-hybridized carbons (Fsp3) is 0.538. The van der Waals surface area contributed by atoms with Gasteiger partial charge in [0.05, 0.1) is 0 Å². The zero-order chi connectivity index (χ0) is 10.7. The maximum absolute atomic E-state index is 5.79. The fourth-order valence-electron chi connectivity index (χ4n) is 1.79. The van der Waals surface area contributed by atoms with Crippen LogP contribution in [0.15, 0.2) is 18.2 Å². The SMILES string of the molecule is Cc1ccc(C(CN)C(C)C)cc1C. The molecule has 1 unspecified atom stereocenters. The lowest BCUT2D eigenvalue weighted by atomic mass is 9.87. The van der Waals surface area contributed by atoms with Gasteiger partial charge in [0.15, 0.2) is 0 Å². The van der Waals surface area contributed by atoms with E-state index >= 15 is 0 Å². The second-order valence-corrected chi connectivity index (χ2v) is 4.43. The molecular weight excluding hydrogens is 170 g/mol. The first-order valence-electron chi connectivity index (χ1n) is 5.33. The van der Waals surface area contributed by atoms with Gasteiger partial charge in [0, 0.05) is 0 Å². The van der Waals surface area contributed by atoms with Crippen molar-refractivity contribution < 1.29 is 0 Å². The molecule has 0 fully saturated rings. The second kappa shape index (κ2) is 4.61. The molecule has 0 bridgehead atoms. The maximum atomic E-state index is 5.79. The summed E-state index contributed by atoms with van der Waals surface area (Å²) in [5.41, 5.74) is 9.89. The first kappa shape index (κ1) is 11.3. The number of nitrogens with two attached hydrogens (primary N) is 1. The zero-order valence-corrected chi connectivity index (χ0v) is 9.67. The van der Waals surface area contributed by atoms with Crippen molar-refractivity contribution in [2.75, 3.05) is 6.54 Å². The second-order valence-electron chi connectivity index (χ2n) is 4.43. The minimum atomic E-state index is 0.495. The Labute approximate surface area is 87.3 Å². The predicted octanol–water partition coefficient (Wildman–Crippen LogP) is 3.00. The van der Waals surface area contributed by atoms with E-state index in [9.17, 15) is 0 Å². The molecule has 0 aliphatic rings. The average molecular weight is 191 g/mol. The molecule has 1 nitrogen and oxygen atoms in total. The van der Waals surface area contributed by atoms with E-state index in [1.165, 1.54) is 16.7 Å². The Morgan fingerprint density at radius 3 is 2.21 bits per heavy atom. The summed E-state index contributed by atoms with van der Waals surface area (Å²) < 4.78 is 0. The van der Waals surface area contributed by atoms with E-state index in [4.69, 9.17) is 5.73 Å². The number of benzene rings is 1. The Kier molecular flexibility index (Phi) is 3.70. The van der Waals surface area contributed by atoms with Crippen molar-refractivity contribution in [3.05, 3.63) is 34.9 Å². The first-order chi connectivity index (χ1) is 6.56. The van der Waals surface area contributed by atoms with E-state index in [0.717, 1.165) is 6.54 Å². The molecule has 2 N–H and O–H groups in total. The van der Waals surface area contributed by atoms with Crippen LogP contribution in [0.4, 0.5) is 0 Å². The van der Waals surface area contributed by atoms with Crippen molar-refractivity contribution in [1.82, 2.24) is 0 Å². The average Bonchev–Trinajstić information content (AvgIpc) is 2.11. The molecule has 0 saturated carbocycles. The van der Waals surface area contributed by atoms with Crippen LogP contribution in [0.1, 0.15) is 36.5 Å². The number of aryl methyl sites for hydroxylation is 2. The zero-order valence-electron chi connectivity index (χ0n) is 9.67. The molecule has 1 heteroatoms. The minimum Gasteiger partial charge on any atom is -0.330 e. The molecule has 1 atom stereocenters. The normalized spacial score (nSPS) is 13.3. The Morgan fingerprint density at radius 1 is 1.14 bits per heavy atom. The molecule has 78 valence electrons. The van der Waals surface area contributed by atoms with Crippen molar-refractivity contribution in [3.8, 4) is 0 Å². The summed E-state index contributed by atoms with van der Waals surface area (Å²) in [4.78, 5) is 0. The summed E-state index contributed by atoms with van der Waals surface area (Å²) in [6, 6.07) is 6.67. The van der Waals surface area contributed by atoms with Crippen molar-refractivity contribution in [2.24, 2.45) is 11.7 Å². The quantitative estimate of drug-likeness (QED) is 0.781. The van der Waals surface area contributed by atoms with E-state index in [1.807, 2.05) is 0 Å². The summed E-state index contributed by atoms with van der Waals surface area (Å²) in [7, 11) is 0. The summed E-state index contributed by atoms with van der Waals surface area (Å²) in [6.07, 6.45) is 0. The summed E-state index contributed by atoms with van der Waals surface area (Å²) >= 11 is 0. The molecule has 1 aromatic rings. The molecular formula is C13H21N. The van der Waals surface area contributed by atoms with Gasteiger partial charge in [0.2, 0.25) is 0 Å². The number of hydrogen-bond acceptors (Lipinski definition) is 1. The van der Waals surface area contributed by atoms with E-state index in [0.29, 0.717) is 11.8 Å². The molecule has 1 rings (SSSR count). The van der Waals surface area contributed by atoms with E-state index in [2.05, 4.69) is 45.9 Å². The third-order valence-electron chi connectivity index (χ3n) is 3.02. The Bertz CT molecular complexity index is 302. The largest absolute Gasteiger partial charge is 0.330 e. The van der Waals surface area contributed by atoms with E-state index in [1.54, 1.807) is 0 Å². The molecule has 0 amide bonds. The number of rotatable bonds is 3. The van der Waals surface area contributed by atoms with Gasteiger partial charge in [-0.15, -0.1) is 0 Å². The van der Waals surface area contributed by atoms with Gasteiger partial charge in [-0.3, -0.25) is 0 Å². The van der Waals surface area contributed by atoms with Crippen molar-refractivity contribution in [2.45, 2.75) is 33.6 Å². The molecule has 14 heavy (non-hydrogen) atoms. The smallest absolute Gasteiger partial charge is 0.000577 e. The van der Waals surface area contributed by atoms with Gasteiger partial charge >= 0.3 is 0 Å². The molecule has 1 aromatic carbocycles. The molecule has 0 spiro atoms. The molecule has 0 radical (unpaired) electrons. The van der Waals surface area contributed by atoms with Crippen molar-refractivity contribution in [3.63, 3.8) is 0 Å². The molecule has 0 saturated heterocycles. The lowest BCUT2D eigenvalue weighted by Gasteiger charge is -2.20. The Hall–Kier alpha value is -0.820. The van der Waals surface area contributed by atoms with Gasteiger partial charge in [0.1, 0.15) is 0 Å². The summed E-state index contributed by atoms with van der Waals surface area (Å²) in [5, 5.41) is 0. The van der Waals surface area contributed by atoms with Crippen LogP contribution in [0.3, 0.4) is 0 Å². The van der Waals surface area contributed by atoms with Crippen LogP contribution < -0.4 is 5.73 Å². The Morgan fingerprint density at radius 2 is 1.79 bits per heavy atom. The fourth-order valence-corrected chi connectivity index (χ4v) is 1.79. The summed E-state index contributed by atoms with van der Waals surface area (Å²) in [6.45, 7) is 9.50. The van der Waals surface area contributed by atoms with E-state index < -0.39 is 0 Å².